The van der Waals surface area contributed by atoms with E-state index >= 15 is 0 Å². The maximum absolute atomic E-state index is 11.9. The normalized spacial score (nSPS) is 21.8. The van der Waals surface area contributed by atoms with Crippen molar-refractivity contribution in [3.8, 4) is 6.07 Å². The summed E-state index contributed by atoms with van der Waals surface area (Å²) in [7, 11) is -1.93. The zero-order valence-electron chi connectivity index (χ0n) is 9.16. The Bertz CT molecular complexity index is 354. The summed E-state index contributed by atoms with van der Waals surface area (Å²) in [5.41, 5.74) is 5.65. The van der Waals surface area contributed by atoms with Crippen LogP contribution in [0.3, 0.4) is 0 Å². The Morgan fingerprint density at radius 2 is 2.25 bits per heavy atom. The number of nitrogens with two attached hydrogens (primary N) is 1. The van der Waals surface area contributed by atoms with E-state index < -0.39 is 10.2 Å². The summed E-state index contributed by atoms with van der Waals surface area (Å²) in [4.78, 5) is 0. The van der Waals surface area contributed by atoms with Gasteiger partial charge in [-0.05, 0) is 6.42 Å². The van der Waals surface area contributed by atoms with Crippen molar-refractivity contribution in [2.45, 2.75) is 18.9 Å². The molecule has 0 aliphatic carbocycles. The number of nitrogens with zero attached hydrogens (tertiary/aromatic N) is 3. The van der Waals surface area contributed by atoms with Crippen LogP contribution in [-0.4, -0.2) is 49.8 Å². The molecule has 6 nitrogen and oxygen atoms in total. The minimum absolute atomic E-state index is 0. The van der Waals surface area contributed by atoms with E-state index in [1.807, 2.05) is 6.07 Å². The Morgan fingerprint density at radius 1 is 1.62 bits per heavy atom. The lowest BCUT2D eigenvalue weighted by Crippen LogP contribution is -2.42. The van der Waals surface area contributed by atoms with E-state index in [4.69, 9.17) is 11.0 Å². The molecule has 1 aliphatic rings. The highest BCUT2D eigenvalue weighted by atomic mass is 35.5. The largest absolute Gasteiger partial charge is 0.326 e. The van der Waals surface area contributed by atoms with Gasteiger partial charge in [-0.25, -0.2) is 0 Å². The SMILES string of the molecule is CN(CCC#N)S(=O)(=O)N1CCC(N)C1.Cl. The van der Waals surface area contributed by atoms with Crippen LogP contribution in [0.5, 0.6) is 0 Å². The number of hydrogen-bond acceptors (Lipinski definition) is 4. The highest BCUT2D eigenvalue weighted by Gasteiger charge is 2.32. The predicted molar refractivity (Wildman–Crippen MR) is 63.2 cm³/mol. The van der Waals surface area contributed by atoms with E-state index in [0.717, 1.165) is 0 Å². The van der Waals surface area contributed by atoms with E-state index in [9.17, 15) is 8.42 Å². The average Bonchev–Trinajstić information content (AvgIpc) is 2.61. The molecule has 0 bridgehead atoms. The molecule has 1 rings (SSSR count). The second-order valence-electron chi connectivity index (χ2n) is 3.64. The van der Waals surface area contributed by atoms with E-state index in [2.05, 4.69) is 0 Å². The molecule has 0 saturated carbocycles. The summed E-state index contributed by atoms with van der Waals surface area (Å²) in [6.45, 7) is 1.07. The first-order valence-electron chi connectivity index (χ1n) is 4.82. The molecule has 1 unspecified atom stereocenters. The van der Waals surface area contributed by atoms with Crippen LogP contribution >= 0.6 is 12.4 Å². The molecule has 16 heavy (non-hydrogen) atoms. The minimum atomic E-state index is -3.41. The Kier molecular flexibility index (Phi) is 6.22. The van der Waals surface area contributed by atoms with Gasteiger partial charge in [0.15, 0.2) is 0 Å². The molecule has 1 heterocycles. The molecule has 8 heteroatoms. The van der Waals surface area contributed by atoms with Crippen molar-refractivity contribution < 1.29 is 8.42 Å². The maximum Gasteiger partial charge on any atom is 0.281 e. The zero-order chi connectivity index (χ0) is 11.5. The summed E-state index contributed by atoms with van der Waals surface area (Å²) >= 11 is 0. The van der Waals surface area contributed by atoms with Crippen molar-refractivity contribution in [1.82, 2.24) is 8.61 Å². The van der Waals surface area contributed by atoms with E-state index in [1.54, 1.807) is 0 Å². The molecular weight excluding hydrogens is 252 g/mol. The third-order valence-electron chi connectivity index (χ3n) is 2.45. The quantitative estimate of drug-likeness (QED) is 0.746. The number of hydrogen-bond donors (Lipinski definition) is 1. The van der Waals surface area contributed by atoms with Gasteiger partial charge in [-0.15, -0.1) is 12.4 Å². The predicted octanol–water partition coefficient (Wildman–Crippen LogP) is -0.469. The van der Waals surface area contributed by atoms with Gasteiger partial charge in [-0.1, -0.05) is 0 Å². The first-order chi connectivity index (χ1) is 6.98. The first kappa shape index (κ1) is 15.6. The Hall–Kier alpha value is -0.390. The van der Waals surface area contributed by atoms with Crippen molar-refractivity contribution in [2.24, 2.45) is 5.73 Å². The molecule has 2 N–H and O–H groups in total. The monoisotopic (exact) mass is 268 g/mol. The van der Waals surface area contributed by atoms with Gasteiger partial charge in [-0.2, -0.15) is 22.3 Å². The summed E-state index contributed by atoms with van der Waals surface area (Å²) in [6.07, 6.45) is 0.904. The van der Waals surface area contributed by atoms with Gasteiger partial charge >= 0.3 is 0 Å². The minimum Gasteiger partial charge on any atom is -0.326 e. The fourth-order valence-electron chi connectivity index (χ4n) is 1.48. The van der Waals surface area contributed by atoms with E-state index in [1.165, 1.54) is 15.7 Å². The van der Waals surface area contributed by atoms with Gasteiger partial charge in [0.05, 0.1) is 6.07 Å². The number of halogens is 1. The van der Waals surface area contributed by atoms with Crippen LogP contribution in [0.4, 0.5) is 0 Å². The molecule has 0 spiro atoms. The van der Waals surface area contributed by atoms with Crippen molar-refractivity contribution in [3.63, 3.8) is 0 Å². The molecule has 0 aromatic heterocycles. The Labute approximate surface area is 103 Å². The smallest absolute Gasteiger partial charge is 0.281 e. The van der Waals surface area contributed by atoms with Crippen LogP contribution in [0.15, 0.2) is 0 Å². The Balaban J connectivity index is 0.00000225. The third-order valence-corrected chi connectivity index (χ3v) is 4.40. The fourth-order valence-corrected chi connectivity index (χ4v) is 2.92. The summed E-state index contributed by atoms with van der Waals surface area (Å²) < 4.78 is 26.3. The van der Waals surface area contributed by atoms with Crippen LogP contribution < -0.4 is 5.73 Å². The lowest BCUT2D eigenvalue weighted by atomic mass is 10.3. The molecule has 0 radical (unpaired) electrons. The van der Waals surface area contributed by atoms with Gasteiger partial charge in [-0.3, -0.25) is 0 Å². The summed E-state index contributed by atoms with van der Waals surface area (Å²) in [5.74, 6) is 0. The van der Waals surface area contributed by atoms with Crippen molar-refractivity contribution in [3.05, 3.63) is 0 Å². The van der Waals surface area contributed by atoms with Crippen molar-refractivity contribution >= 4 is 22.6 Å². The molecule has 1 aliphatic heterocycles. The number of nitriles is 1. The zero-order valence-corrected chi connectivity index (χ0v) is 10.8. The van der Waals surface area contributed by atoms with Gasteiger partial charge in [0.1, 0.15) is 0 Å². The lowest BCUT2D eigenvalue weighted by molar-refractivity contribution is 0.396. The second-order valence-corrected chi connectivity index (χ2v) is 5.68. The lowest BCUT2D eigenvalue weighted by Gasteiger charge is -2.23. The molecule has 1 atom stereocenters. The van der Waals surface area contributed by atoms with Crippen LogP contribution in [0.2, 0.25) is 0 Å². The van der Waals surface area contributed by atoms with Crippen LogP contribution in [0.25, 0.3) is 0 Å². The molecular formula is C8H17ClN4O2S. The molecule has 1 fully saturated rings. The highest BCUT2D eigenvalue weighted by molar-refractivity contribution is 7.86. The number of rotatable bonds is 4. The molecule has 1 saturated heterocycles. The van der Waals surface area contributed by atoms with Crippen LogP contribution in [0.1, 0.15) is 12.8 Å². The average molecular weight is 269 g/mol. The van der Waals surface area contributed by atoms with E-state index in [0.29, 0.717) is 19.5 Å². The van der Waals surface area contributed by atoms with Gasteiger partial charge < -0.3 is 5.73 Å². The molecule has 0 aromatic carbocycles. The fraction of sp³-hybridized carbons (Fsp3) is 0.875. The topological polar surface area (TPSA) is 90.4 Å². The molecule has 0 amide bonds. The molecule has 0 aromatic rings. The van der Waals surface area contributed by atoms with E-state index in [-0.39, 0.29) is 31.4 Å². The van der Waals surface area contributed by atoms with Gasteiger partial charge in [0.2, 0.25) is 0 Å². The molecule has 94 valence electrons. The van der Waals surface area contributed by atoms with Crippen molar-refractivity contribution in [2.75, 3.05) is 26.7 Å². The highest BCUT2D eigenvalue weighted by Crippen LogP contribution is 2.14. The van der Waals surface area contributed by atoms with Crippen molar-refractivity contribution in [1.29, 1.82) is 5.26 Å². The first-order valence-corrected chi connectivity index (χ1v) is 6.22. The Morgan fingerprint density at radius 3 is 2.69 bits per heavy atom. The maximum atomic E-state index is 11.9. The van der Waals surface area contributed by atoms with Crippen LogP contribution in [-0.2, 0) is 10.2 Å². The van der Waals surface area contributed by atoms with Crippen LogP contribution in [0, 0.1) is 11.3 Å². The summed E-state index contributed by atoms with van der Waals surface area (Å²) in [6, 6.07) is 1.86. The second kappa shape index (κ2) is 6.37. The standard InChI is InChI=1S/C8H16N4O2S.ClH/c1-11(5-2-4-9)15(13,14)12-6-3-8(10)7-12;/h8H,2-3,5-7,10H2,1H3;1H. The van der Waals surface area contributed by atoms with Gasteiger partial charge in [0, 0.05) is 39.1 Å². The van der Waals surface area contributed by atoms with Gasteiger partial charge in [0.25, 0.3) is 10.2 Å². The third kappa shape index (κ3) is 3.57. The summed E-state index contributed by atoms with van der Waals surface area (Å²) in [5, 5.41) is 8.38.